The largest absolute Gasteiger partial charge is 0.478 e. The predicted octanol–water partition coefficient (Wildman–Crippen LogP) is 1.63. The second kappa shape index (κ2) is 7.42. The van der Waals surface area contributed by atoms with E-state index in [1.165, 1.54) is 4.31 Å². The lowest BCUT2D eigenvalue weighted by Gasteiger charge is -2.36. The van der Waals surface area contributed by atoms with Crippen molar-refractivity contribution in [2.45, 2.75) is 32.4 Å². The predicted molar refractivity (Wildman–Crippen MR) is 88.9 cm³/mol. The van der Waals surface area contributed by atoms with Crippen molar-refractivity contribution in [1.29, 1.82) is 0 Å². The van der Waals surface area contributed by atoms with Crippen LogP contribution in [0.5, 0.6) is 0 Å². The molecule has 1 saturated heterocycles. The fourth-order valence-corrected chi connectivity index (χ4v) is 3.96. The highest BCUT2D eigenvalue weighted by Gasteiger charge is 2.28. The Morgan fingerprint density at radius 3 is 2.30 bits per heavy atom. The summed E-state index contributed by atoms with van der Waals surface area (Å²) in [5.41, 5.74) is 1.36. The fourth-order valence-electron chi connectivity index (χ4n) is 2.88. The number of carbonyl (C=O) groups is 1. The summed E-state index contributed by atoms with van der Waals surface area (Å²) in [4.78, 5) is 13.1. The zero-order chi connectivity index (χ0) is 17.0. The third-order valence-corrected chi connectivity index (χ3v) is 6.39. The molecule has 1 aromatic rings. The van der Waals surface area contributed by atoms with Crippen molar-refractivity contribution in [1.82, 2.24) is 9.21 Å². The number of likely N-dealkylation sites (tertiary alicyclic amines) is 1. The monoisotopic (exact) mass is 340 g/mol. The molecule has 0 amide bonds. The molecule has 23 heavy (non-hydrogen) atoms. The first-order chi connectivity index (χ1) is 10.8. The van der Waals surface area contributed by atoms with Gasteiger partial charge in [-0.25, -0.2) is 17.5 Å². The van der Waals surface area contributed by atoms with Crippen LogP contribution >= 0.6 is 0 Å². The molecule has 1 aromatic carbocycles. The molecule has 1 heterocycles. The average molecular weight is 340 g/mol. The van der Waals surface area contributed by atoms with E-state index in [0.717, 1.165) is 38.0 Å². The Labute approximate surface area is 137 Å². The van der Waals surface area contributed by atoms with E-state index in [1.807, 2.05) is 12.1 Å². The van der Waals surface area contributed by atoms with Crippen molar-refractivity contribution in [3.63, 3.8) is 0 Å². The lowest BCUT2D eigenvalue weighted by Crippen LogP contribution is -2.45. The Kier molecular flexibility index (Phi) is 5.78. The standard InChI is InChI=1S/C16H24N2O4S/c1-3-23(21,22)17(2)15-8-10-18(11-9-15)12-13-4-6-14(7-5-13)16(19)20/h4-7,15H,3,8-12H2,1-2H3,(H,19,20). The highest BCUT2D eigenvalue weighted by atomic mass is 32.2. The van der Waals surface area contributed by atoms with Gasteiger partial charge in [0, 0.05) is 32.7 Å². The van der Waals surface area contributed by atoms with Crippen molar-refractivity contribution in [2.24, 2.45) is 0 Å². The molecule has 6 nitrogen and oxygen atoms in total. The maximum absolute atomic E-state index is 11.9. The number of hydrogen-bond acceptors (Lipinski definition) is 4. The fraction of sp³-hybridized carbons (Fsp3) is 0.562. The van der Waals surface area contributed by atoms with Gasteiger partial charge >= 0.3 is 5.97 Å². The molecule has 0 saturated carbocycles. The molecule has 0 bridgehead atoms. The number of benzene rings is 1. The minimum absolute atomic E-state index is 0.0746. The minimum atomic E-state index is -3.13. The zero-order valence-electron chi connectivity index (χ0n) is 13.6. The Balaban J connectivity index is 1.88. The number of carboxylic acids is 1. The van der Waals surface area contributed by atoms with Gasteiger partial charge in [0.15, 0.2) is 0 Å². The number of carboxylic acid groups (broad SMARTS) is 1. The maximum atomic E-state index is 11.9. The second-order valence-electron chi connectivity index (χ2n) is 5.93. The summed E-state index contributed by atoms with van der Waals surface area (Å²) in [5, 5.41) is 8.90. The lowest BCUT2D eigenvalue weighted by atomic mass is 10.0. The molecule has 0 aromatic heterocycles. The summed E-state index contributed by atoms with van der Waals surface area (Å²) in [6.07, 6.45) is 1.64. The van der Waals surface area contributed by atoms with Crippen LogP contribution in [0.25, 0.3) is 0 Å². The first kappa shape index (κ1) is 17.9. The second-order valence-corrected chi connectivity index (χ2v) is 8.24. The molecule has 1 fully saturated rings. The van der Waals surface area contributed by atoms with E-state index in [2.05, 4.69) is 4.90 Å². The van der Waals surface area contributed by atoms with Crippen LogP contribution < -0.4 is 0 Å². The summed E-state index contributed by atoms with van der Waals surface area (Å²) < 4.78 is 25.4. The van der Waals surface area contributed by atoms with E-state index < -0.39 is 16.0 Å². The van der Waals surface area contributed by atoms with Gasteiger partial charge in [-0.1, -0.05) is 12.1 Å². The summed E-state index contributed by atoms with van der Waals surface area (Å²) in [5.74, 6) is -0.780. The Bertz CT molecular complexity index is 635. The summed E-state index contributed by atoms with van der Waals surface area (Å²) >= 11 is 0. The van der Waals surface area contributed by atoms with Gasteiger partial charge in [-0.2, -0.15) is 0 Å². The Hall–Kier alpha value is -1.44. The van der Waals surface area contributed by atoms with Gasteiger partial charge in [0.2, 0.25) is 10.0 Å². The van der Waals surface area contributed by atoms with Crippen molar-refractivity contribution in [2.75, 3.05) is 25.9 Å². The number of nitrogens with zero attached hydrogens (tertiary/aromatic N) is 2. The SMILES string of the molecule is CCS(=O)(=O)N(C)C1CCN(Cc2ccc(C(=O)O)cc2)CC1. The van der Waals surface area contributed by atoms with Gasteiger partial charge in [-0.15, -0.1) is 0 Å². The van der Waals surface area contributed by atoms with Gasteiger partial charge in [0.25, 0.3) is 0 Å². The highest BCUT2D eigenvalue weighted by Crippen LogP contribution is 2.20. The van der Waals surface area contributed by atoms with Gasteiger partial charge in [0.1, 0.15) is 0 Å². The molecule has 0 unspecified atom stereocenters. The summed E-state index contributed by atoms with van der Waals surface area (Å²) in [6.45, 7) is 4.11. The van der Waals surface area contributed by atoms with Crippen LogP contribution in [0.15, 0.2) is 24.3 Å². The Morgan fingerprint density at radius 2 is 1.83 bits per heavy atom. The molecule has 0 aliphatic carbocycles. The number of aromatic carboxylic acids is 1. The highest BCUT2D eigenvalue weighted by molar-refractivity contribution is 7.89. The molecule has 1 aliphatic rings. The maximum Gasteiger partial charge on any atom is 0.335 e. The Morgan fingerprint density at radius 1 is 1.26 bits per heavy atom. The molecule has 1 N–H and O–H groups in total. The van der Waals surface area contributed by atoms with Crippen LogP contribution in [0.3, 0.4) is 0 Å². The van der Waals surface area contributed by atoms with Crippen LogP contribution in [0.4, 0.5) is 0 Å². The molecular formula is C16H24N2O4S. The first-order valence-electron chi connectivity index (χ1n) is 7.83. The number of piperidine rings is 1. The lowest BCUT2D eigenvalue weighted by molar-refractivity contribution is 0.0697. The number of hydrogen-bond donors (Lipinski definition) is 1. The number of rotatable bonds is 6. The zero-order valence-corrected chi connectivity index (χ0v) is 14.4. The third-order valence-electron chi connectivity index (χ3n) is 4.48. The van der Waals surface area contributed by atoms with E-state index >= 15 is 0 Å². The van der Waals surface area contributed by atoms with E-state index in [1.54, 1.807) is 26.1 Å². The van der Waals surface area contributed by atoms with Crippen LogP contribution in [0, 0.1) is 0 Å². The molecule has 0 atom stereocenters. The van der Waals surface area contributed by atoms with Crippen molar-refractivity contribution < 1.29 is 18.3 Å². The molecule has 128 valence electrons. The summed E-state index contributed by atoms with van der Waals surface area (Å²) in [7, 11) is -1.46. The van der Waals surface area contributed by atoms with Crippen molar-refractivity contribution >= 4 is 16.0 Å². The van der Waals surface area contributed by atoms with Gasteiger partial charge in [0.05, 0.1) is 11.3 Å². The van der Waals surface area contributed by atoms with E-state index in [-0.39, 0.29) is 11.8 Å². The molecule has 2 rings (SSSR count). The third kappa shape index (κ3) is 4.53. The normalized spacial score (nSPS) is 17.5. The molecule has 0 radical (unpaired) electrons. The van der Waals surface area contributed by atoms with Gasteiger partial charge in [-0.3, -0.25) is 4.90 Å². The molecule has 7 heteroatoms. The van der Waals surface area contributed by atoms with Crippen LogP contribution in [-0.4, -0.2) is 60.6 Å². The summed E-state index contributed by atoms with van der Waals surface area (Å²) in [6, 6.07) is 6.98. The number of sulfonamides is 1. The smallest absolute Gasteiger partial charge is 0.335 e. The van der Waals surface area contributed by atoms with Crippen LogP contribution in [-0.2, 0) is 16.6 Å². The van der Waals surface area contributed by atoms with E-state index in [4.69, 9.17) is 5.11 Å². The molecule has 1 aliphatic heterocycles. The average Bonchev–Trinajstić information content (AvgIpc) is 2.55. The van der Waals surface area contributed by atoms with Gasteiger partial charge in [-0.05, 0) is 37.5 Å². The van der Waals surface area contributed by atoms with Gasteiger partial charge < -0.3 is 5.11 Å². The van der Waals surface area contributed by atoms with Crippen molar-refractivity contribution in [3.8, 4) is 0 Å². The molecular weight excluding hydrogens is 316 g/mol. The molecule has 0 spiro atoms. The van der Waals surface area contributed by atoms with Crippen LogP contribution in [0.1, 0.15) is 35.7 Å². The van der Waals surface area contributed by atoms with E-state index in [0.29, 0.717) is 5.56 Å². The first-order valence-corrected chi connectivity index (χ1v) is 9.44. The quantitative estimate of drug-likeness (QED) is 0.852. The van der Waals surface area contributed by atoms with Crippen LogP contribution in [0.2, 0.25) is 0 Å². The minimum Gasteiger partial charge on any atom is -0.478 e. The van der Waals surface area contributed by atoms with Crippen molar-refractivity contribution in [3.05, 3.63) is 35.4 Å². The van der Waals surface area contributed by atoms with E-state index in [9.17, 15) is 13.2 Å². The topological polar surface area (TPSA) is 77.9 Å².